The Balaban J connectivity index is 2.52. The number of nitrogens with two attached hydrogens (primary N) is 1. The molecule has 2 aromatic rings. The van der Waals surface area contributed by atoms with Crippen LogP contribution in [0.5, 0.6) is 0 Å². The van der Waals surface area contributed by atoms with Crippen molar-refractivity contribution in [3.63, 3.8) is 0 Å². The van der Waals surface area contributed by atoms with E-state index in [9.17, 15) is 4.79 Å². The summed E-state index contributed by atoms with van der Waals surface area (Å²) in [6, 6.07) is 5.26. The summed E-state index contributed by atoms with van der Waals surface area (Å²) in [4.78, 5) is 11.0. The highest BCUT2D eigenvalue weighted by molar-refractivity contribution is 9.10. The summed E-state index contributed by atoms with van der Waals surface area (Å²) < 4.78 is 6.06. The second kappa shape index (κ2) is 4.27. The maximum Gasteiger partial charge on any atom is 0.312 e. The molecule has 0 radical (unpaired) electrons. The molecule has 84 valence electrons. The number of carboxylic acids is 1. The summed E-state index contributed by atoms with van der Waals surface area (Å²) in [5.74, 6) is -1.59. The average Bonchev–Trinajstić information content (AvgIpc) is 2.61. The third-order valence-corrected chi connectivity index (χ3v) is 3.10. The van der Waals surface area contributed by atoms with E-state index >= 15 is 0 Å². The highest BCUT2D eigenvalue weighted by Crippen LogP contribution is 2.29. The van der Waals surface area contributed by atoms with Gasteiger partial charge in [-0.25, -0.2) is 0 Å². The van der Waals surface area contributed by atoms with Crippen molar-refractivity contribution >= 4 is 32.9 Å². The van der Waals surface area contributed by atoms with Crippen molar-refractivity contribution in [2.45, 2.75) is 5.92 Å². The summed E-state index contributed by atoms with van der Waals surface area (Å²) in [5, 5.41) is 9.86. The molecular formula is C11H10BrNO3. The maximum absolute atomic E-state index is 11.0. The molecule has 0 saturated heterocycles. The number of halogens is 1. The molecule has 0 aliphatic heterocycles. The zero-order valence-corrected chi connectivity index (χ0v) is 9.90. The number of fused-ring (bicyclic) bond motifs is 1. The molecule has 1 heterocycles. The van der Waals surface area contributed by atoms with E-state index in [-0.39, 0.29) is 6.54 Å². The van der Waals surface area contributed by atoms with Crippen LogP contribution in [0.25, 0.3) is 11.0 Å². The van der Waals surface area contributed by atoms with Crippen LogP contribution < -0.4 is 5.73 Å². The van der Waals surface area contributed by atoms with Crippen LogP contribution in [0.2, 0.25) is 0 Å². The fraction of sp³-hybridized carbons (Fsp3) is 0.182. The predicted octanol–water partition coefficient (Wildman–Crippen LogP) is 2.32. The van der Waals surface area contributed by atoms with Gasteiger partial charge in [-0.05, 0) is 33.6 Å². The number of carbonyl (C=O) groups is 1. The van der Waals surface area contributed by atoms with E-state index in [0.717, 1.165) is 15.4 Å². The Labute approximate surface area is 100 Å². The Morgan fingerprint density at radius 3 is 2.94 bits per heavy atom. The van der Waals surface area contributed by atoms with Crippen molar-refractivity contribution in [3.05, 3.63) is 34.5 Å². The minimum absolute atomic E-state index is 0.0797. The quantitative estimate of drug-likeness (QED) is 0.906. The van der Waals surface area contributed by atoms with Gasteiger partial charge >= 0.3 is 5.97 Å². The first-order chi connectivity index (χ1) is 7.63. The molecule has 0 spiro atoms. The number of hydrogen-bond donors (Lipinski definition) is 2. The molecule has 3 N–H and O–H groups in total. The SMILES string of the molecule is NCC(C(=O)O)c1ccc2occ(Br)c2c1. The molecular weight excluding hydrogens is 274 g/mol. The van der Waals surface area contributed by atoms with Crippen molar-refractivity contribution in [2.24, 2.45) is 5.73 Å². The normalized spacial score (nSPS) is 12.9. The van der Waals surface area contributed by atoms with Gasteiger partial charge in [-0.3, -0.25) is 4.79 Å². The van der Waals surface area contributed by atoms with Gasteiger partial charge in [-0.2, -0.15) is 0 Å². The number of rotatable bonds is 3. The van der Waals surface area contributed by atoms with Crippen LogP contribution in [0.1, 0.15) is 11.5 Å². The third kappa shape index (κ3) is 1.83. The number of aliphatic carboxylic acids is 1. The number of furan rings is 1. The zero-order chi connectivity index (χ0) is 11.7. The summed E-state index contributed by atoms with van der Waals surface area (Å²) in [6.45, 7) is 0.0797. The summed E-state index contributed by atoms with van der Waals surface area (Å²) in [7, 11) is 0. The van der Waals surface area contributed by atoms with Gasteiger partial charge in [0.1, 0.15) is 11.8 Å². The van der Waals surface area contributed by atoms with E-state index in [1.165, 1.54) is 0 Å². The molecule has 0 saturated carbocycles. The first-order valence-corrected chi connectivity index (χ1v) is 5.52. The van der Waals surface area contributed by atoms with Gasteiger partial charge in [0.15, 0.2) is 0 Å². The molecule has 4 nitrogen and oxygen atoms in total. The summed E-state index contributed by atoms with van der Waals surface area (Å²) in [5.41, 5.74) is 6.85. The Morgan fingerprint density at radius 1 is 1.56 bits per heavy atom. The lowest BCUT2D eigenvalue weighted by Gasteiger charge is -2.09. The molecule has 0 bridgehead atoms. The van der Waals surface area contributed by atoms with Crippen LogP contribution in [-0.2, 0) is 4.79 Å². The second-order valence-electron chi connectivity index (χ2n) is 3.47. The maximum atomic E-state index is 11.0. The molecule has 1 aromatic heterocycles. The summed E-state index contributed by atoms with van der Waals surface area (Å²) in [6.07, 6.45) is 1.58. The average molecular weight is 284 g/mol. The van der Waals surface area contributed by atoms with E-state index in [2.05, 4.69) is 15.9 Å². The van der Waals surface area contributed by atoms with Gasteiger partial charge in [0.25, 0.3) is 0 Å². The van der Waals surface area contributed by atoms with Gasteiger partial charge < -0.3 is 15.3 Å². The molecule has 0 fully saturated rings. The Hall–Kier alpha value is -1.33. The third-order valence-electron chi connectivity index (χ3n) is 2.49. The van der Waals surface area contributed by atoms with Gasteiger partial charge in [-0.1, -0.05) is 6.07 Å². The van der Waals surface area contributed by atoms with E-state index < -0.39 is 11.9 Å². The molecule has 5 heteroatoms. The van der Waals surface area contributed by atoms with Crippen LogP contribution in [0.3, 0.4) is 0 Å². The minimum atomic E-state index is -0.915. The highest BCUT2D eigenvalue weighted by atomic mass is 79.9. The van der Waals surface area contributed by atoms with E-state index in [1.807, 2.05) is 0 Å². The van der Waals surface area contributed by atoms with Crippen molar-refractivity contribution < 1.29 is 14.3 Å². The Morgan fingerprint density at radius 2 is 2.31 bits per heavy atom. The summed E-state index contributed by atoms with van der Waals surface area (Å²) >= 11 is 3.34. The molecule has 0 aliphatic carbocycles. The lowest BCUT2D eigenvalue weighted by molar-refractivity contribution is -0.138. The monoisotopic (exact) mass is 283 g/mol. The fourth-order valence-electron chi connectivity index (χ4n) is 1.61. The number of hydrogen-bond acceptors (Lipinski definition) is 3. The molecule has 16 heavy (non-hydrogen) atoms. The highest BCUT2D eigenvalue weighted by Gasteiger charge is 2.18. The fourth-order valence-corrected chi connectivity index (χ4v) is 2.02. The van der Waals surface area contributed by atoms with Crippen LogP contribution in [0, 0.1) is 0 Å². The zero-order valence-electron chi connectivity index (χ0n) is 8.31. The molecule has 0 aliphatic rings. The van der Waals surface area contributed by atoms with Gasteiger partial charge in [0.05, 0.1) is 10.4 Å². The second-order valence-corrected chi connectivity index (χ2v) is 4.32. The Bertz CT molecular complexity index is 535. The Kier molecular flexibility index (Phi) is 2.98. The standard InChI is InChI=1S/C11H10BrNO3/c12-9-5-16-10-2-1-6(3-7(9)10)8(4-13)11(14)15/h1-3,5,8H,4,13H2,(H,14,15). The van der Waals surface area contributed by atoms with Crippen molar-refractivity contribution in [3.8, 4) is 0 Å². The van der Waals surface area contributed by atoms with Crippen molar-refractivity contribution in [2.75, 3.05) is 6.54 Å². The van der Waals surface area contributed by atoms with Crippen molar-refractivity contribution in [1.82, 2.24) is 0 Å². The van der Waals surface area contributed by atoms with E-state index in [0.29, 0.717) is 5.56 Å². The minimum Gasteiger partial charge on any atom is -0.481 e. The van der Waals surface area contributed by atoms with Crippen LogP contribution in [0.15, 0.2) is 33.4 Å². The molecule has 1 unspecified atom stereocenters. The molecule has 2 rings (SSSR count). The molecule has 1 aromatic carbocycles. The van der Waals surface area contributed by atoms with Crippen LogP contribution >= 0.6 is 15.9 Å². The van der Waals surface area contributed by atoms with E-state index in [4.69, 9.17) is 15.3 Å². The van der Waals surface area contributed by atoms with Gasteiger partial charge in [0.2, 0.25) is 0 Å². The molecule has 0 amide bonds. The first kappa shape index (κ1) is 11.2. The molecule has 1 atom stereocenters. The number of benzene rings is 1. The first-order valence-electron chi connectivity index (χ1n) is 4.73. The number of carboxylic acid groups (broad SMARTS) is 1. The van der Waals surface area contributed by atoms with Crippen molar-refractivity contribution in [1.29, 1.82) is 0 Å². The topological polar surface area (TPSA) is 76.5 Å². The predicted molar refractivity (Wildman–Crippen MR) is 63.3 cm³/mol. The van der Waals surface area contributed by atoms with E-state index in [1.54, 1.807) is 24.5 Å². The smallest absolute Gasteiger partial charge is 0.312 e. The lowest BCUT2D eigenvalue weighted by Crippen LogP contribution is -2.20. The van der Waals surface area contributed by atoms with Gasteiger partial charge in [0, 0.05) is 11.9 Å². The van der Waals surface area contributed by atoms with Crippen LogP contribution in [-0.4, -0.2) is 17.6 Å². The lowest BCUT2D eigenvalue weighted by atomic mass is 9.98. The largest absolute Gasteiger partial charge is 0.481 e. The van der Waals surface area contributed by atoms with Gasteiger partial charge in [-0.15, -0.1) is 0 Å². The van der Waals surface area contributed by atoms with Crippen LogP contribution in [0.4, 0.5) is 0 Å².